The van der Waals surface area contributed by atoms with Gasteiger partial charge in [0.15, 0.2) is 5.13 Å². The van der Waals surface area contributed by atoms with Crippen molar-refractivity contribution >= 4 is 56.0 Å². The summed E-state index contributed by atoms with van der Waals surface area (Å²) in [6.07, 6.45) is 1.92. The number of carbonyl (C=O) groups is 1. The lowest BCUT2D eigenvalue weighted by Gasteiger charge is -2.04. The molecule has 0 unspecified atom stereocenters. The predicted octanol–water partition coefficient (Wildman–Crippen LogP) is 5.53. The molecule has 0 atom stereocenters. The molecule has 8 heteroatoms. The maximum atomic E-state index is 12.2. The van der Waals surface area contributed by atoms with Crippen LogP contribution in [0.2, 0.25) is 5.02 Å². The Bertz CT molecular complexity index is 1120. The molecule has 0 aliphatic rings. The van der Waals surface area contributed by atoms with Crippen molar-refractivity contribution < 1.29 is 4.79 Å². The number of rotatable bonds is 6. The Morgan fingerprint density at radius 3 is 2.82 bits per heavy atom. The van der Waals surface area contributed by atoms with Gasteiger partial charge in [0.05, 0.1) is 20.9 Å². The Hall–Kier alpha value is -2.48. The largest absolute Gasteiger partial charge is 0.302 e. The van der Waals surface area contributed by atoms with Gasteiger partial charge in [-0.05, 0) is 24.3 Å². The zero-order chi connectivity index (χ0) is 19.3. The molecule has 2 aromatic heterocycles. The van der Waals surface area contributed by atoms with E-state index in [9.17, 15) is 4.79 Å². The van der Waals surface area contributed by atoms with Gasteiger partial charge >= 0.3 is 0 Å². The Balaban J connectivity index is 1.32. The van der Waals surface area contributed by atoms with E-state index >= 15 is 0 Å². The number of benzene rings is 2. The molecule has 0 fully saturated rings. The second-order valence-electron chi connectivity index (χ2n) is 5.89. The number of fused-ring (bicyclic) bond motifs is 1. The van der Waals surface area contributed by atoms with Crippen LogP contribution in [0.4, 0.5) is 5.13 Å². The number of thiazole rings is 1. The average Bonchev–Trinajstić information content (AvgIpc) is 3.10. The molecule has 0 spiro atoms. The van der Waals surface area contributed by atoms with Crippen LogP contribution in [0.25, 0.3) is 21.5 Å². The van der Waals surface area contributed by atoms with E-state index in [1.54, 1.807) is 12.4 Å². The summed E-state index contributed by atoms with van der Waals surface area (Å²) < 4.78 is 0.951. The van der Waals surface area contributed by atoms with Gasteiger partial charge in [-0.1, -0.05) is 53.3 Å². The highest BCUT2D eigenvalue weighted by atomic mass is 35.5. The zero-order valence-corrected chi connectivity index (χ0v) is 17.0. The SMILES string of the molecule is O=C(CCSc1cc(-c2ccccc2)ncn1)Nc1nc2ccc(Cl)cc2s1. The second-order valence-corrected chi connectivity index (χ2v) is 8.47. The fraction of sp³-hybridized carbons (Fsp3) is 0.100. The van der Waals surface area contributed by atoms with Crippen molar-refractivity contribution in [1.82, 2.24) is 15.0 Å². The van der Waals surface area contributed by atoms with E-state index < -0.39 is 0 Å². The Kier molecular flexibility index (Phi) is 5.85. The molecule has 0 radical (unpaired) electrons. The molecule has 2 heterocycles. The first-order chi connectivity index (χ1) is 13.7. The fourth-order valence-electron chi connectivity index (χ4n) is 2.57. The van der Waals surface area contributed by atoms with Crippen LogP contribution in [-0.2, 0) is 4.79 Å². The van der Waals surface area contributed by atoms with Gasteiger partial charge in [-0.25, -0.2) is 15.0 Å². The molecule has 0 bridgehead atoms. The molecule has 1 N–H and O–H groups in total. The number of hydrogen-bond donors (Lipinski definition) is 1. The molecule has 0 aliphatic carbocycles. The van der Waals surface area contributed by atoms with E-state index in [1.807, 2.05) is 48.5 Å². The number of aromatic nitrogens is 3. The first kappa shape index (κ1) is 18.9. The maximum absolute atomic E-state index is 12.2. The van der Waals surface area contributed by atoms with E-state index in [-0.39, 0.29) is 5.91 Å². The van der Waals surface area contributed by atoms with Crippen molar-refractivity contribution in [3.63, 3.8) is 0 Å². The van der Waals surface area contributed by atoms with Gasteiger partial charge in [0.25, 0.3) is 0 Å². The normalized spacial score (nSPS) is 10.9. The third kappa shape index (κ3) is 4.67. The number of nitrogens with one attached hydrogen (secondary N) is 1. The van der Waals surface area contributed by atoms with E-state index in [0.717, 1.165) is 26.5 Å². The summed E-state index contributed by atoms with van der Waals surface area (Å²) in [5, 5.41) is 4.94. The van der Waals surface area contributed by atoms with Crippen molar-refractivity contribution in [2.45, 2.75) is 11.4 Å². The van der Waals surface area contributed by atoms with Crippen LogP contribution in [-0.4, -0.2) is 26.6 Å². The molecular weight excluding hydrogens is 412 g/mol. The van der Waals surface area contributed by atoms with Crippen LogP contribution in [0.15, 0.2) is 66.0 Å². The summed E-state index contributed by atoms with van der Waals surface area (Å²) in [5.74, 6) is 0.545. The zero-order valence-electron chi connectivity index (χ0n) is 14.6. The summed E-state index contributed by atoms with van der Waals surface area (Å²) in [4.78, 5) is 25.2. The standard InChI is InChI=1S/C20H15ClN4OS2/c21-14-6-7-15-17(10-14)28-20(24-15)25-18(26)8-9-27-19-11-16(22-12-23-19)13-4-2-1-3-5-13/h1-7,10-12H,8-9H2,(H,24,25,26). The minimum absolute atomic E-state index is 0.0741. The van der Waals surface area contributed by atoms with Crippen LogP contribution in [0, 0.1) is 0 Å². The summed E-state index contributed by atoms with van der Waals surface area (Å²) in [6.45, 7) is 0. The van der Waals surface area contributed by atoms with E-state index in [1.165, 1.54) is 23.1 Å². The molecule has 1 amide bonds. The predicted molar refractivity (Wildman–Crippen MR) is 116 cm³/mol. The first-order valence-electron chi connectivity index (χ1n) is 8.53. The number of thioether (sulfide) groups is 1. The highest BCUT2D eigenvalue weighted by Crippen LogP contribution is 2.28. The molecule has 140 valence electrons. The lowest BCUT2D eigenvalue weighted by Crippen LogP contribution is -2.11. The molecule has 4 aromatic rings. The molecule has 0 saturated carbocycles. The van der Waals surface area contributed by atoms with Gasteiger partial charge in [0.1, 0.15) is 6.33 Å². The third-order valence-corrected chi connectivity index (χ3v) is 5.98. The Morgan fingerprint density at radius 2 is 1.96 bits per heavy atom. The smallest absolute Gasteiger partial charge is 0.226 e. The van der Waals surface area contributed by atoms with Crippen molar-refractivity contribution in [2.24, 2.45) is 0 Å². The van der Waals surface area contributed by atoms with Crippen LogP contribution >= 0.6 is 34.7 Å². The van der Waals surface area contributed by atoms with Gasteiger partial charge in [0.2, 0.25) is 5.91 Å². The number of nitrogens with zero attached hydrogens (tertiary/aromatic N) is 3. The third-order valence-electron chi connectivity index (χ3n) is 3.89. The fourth-order valence-corrected chi connectivity index (χ4v) is 4.54. The number of carbonyl (C=O) groups excluding carboxylic acids is 1. The van der Waals surface area contributed by atoms with Crippen LogP contribution in [0.3, 0.4) is 0 Å². The maximum Gasteiger partial charge on any atom is 0.226 e. The molecule has 0 aliphatic heterocycles. The number of anilines is 1. The molecule has 4 rings (SSSR count). The topological polar surface area (TPSA) is 67.8 Å². The minimum Gasteiger partial charge on any atom is -0.302 e. The van der Waals surface area contributed by atoms with Gasteiger partial charge in [0, 0.05) is 22.8 Å². The first-order valence-corrected chi connectivity index (χ1v) is 10.7. The number of hydrogen-bond acceptors (Lipinski definition) is 6. The van der Waals surface area contributed by atoms with Gasteiger partial charge in [-0.2, -0.15) is 0 Å². The minimum atomic E-state index is -0.0741. The molecular formula is C20H15ClN4OS2. The van der Waals surface area contributed by atoms with Crippen molar-refractivity contribution in [3.05, 3.63) is 65.9 Å². The molecule has 2 aromatic carbocycles. The Morgan fingerprint density at radius 1 is 1.11 bits per heavy atom. The summed E-state index contributed by atoms with van der Waals surface area (Å²) in [7, 11) is 0. The van der Waals surface area contributed by atoms with Gasteiger partial charge in [-0.3, -0.25) is 4.79 Å². The Labute approximate surface area is 175 Å². The monoisotopic (exact) mass is 426 g/mol. The second kappa shape index (κ2) is 8.68. The van der Waals surface area contributed by atoms with Crippen molar-refractivity contribution in [1.29, 1.82) is 0 Å². The summed E-state index contributed by atoms with van der Waals surface area (Å²) in [5.41, 5.74) is 2.74. The van der Waals surface area contributed by atoms with Crippen LogP contribution in [0.5, 0.6) is 0 Å². The number of amides is 1. The average molecular weight is 427 g/mol. The lowest BCUT2D eigenvalue weighted by atomic mass is 10.1. The summed E-state index contributed by atoms with van der Waals surface area (Å²) >= 11 is 8.93. The van der Waals surface area contributed by atoms with E-state index in [0.29, 0.717) is 22.3 Å². The number of halogens is 1. The van der Waals surface area contributed by atoms with E-state index in [4.69, 9.17) is 11.6 Å². The molecule has 5 nitrogen and oxygen atoms in total. The summed E-state index contributed by atoms with van der Waals surface area (Å²) in [6, 6.07) is 17.4. The van der Waals surface area contributed by atoms with Gasteiger partial charge < -0.3 is 5.32 Å². The highest BCUT2D eigenvalue weighted by molar-refractivity contribution is 7.99. The van der Waals surface area contributed by atoms with Gasteiger partial charge in [-0.15, -0.1) is 11.8 Å². The lowest BCUT2D eigenvalue weighted by molar-refractivity contribution is -0.115. The van der Waals surface area contributed by atoms with E-state index in [2.05, 4.69) is 20.3 Å². The van der Waals surface area contributed by atoms with Crippen molar-refractivity contribution in [2.75, 3.05) is 11.1 Å². The molecule has 0 saturated heterocycles. The van der Waals surface area contributed by atoms with Crippen molar-refractivity contribution in [3.8, 4) is 11.3 Å². The molecule has 28 heavy (non-hydrogen) atoms. The highest BCUT2D eigenvalue weighted by Gasteiger charge is 2.09. The quantitative estimate of drug-likeness (QED) is 0.324. The van der Waals surface area contributed by atoms with Crippen LogP contribution < -0.4 is 5.32 Å². The van der Waals surface area contributed by atoms with Crippen LogP contribution in [0.1, 0.15) is 6.42 Å².